The van der Waals surface area contributed by atoms with Crippen molar-refractivity contribution in [1.82, 2.24) is 4.72 Å². The molecule has 4 nitrogen and oxygen atoms in total. The van der Waals surface area contributed by atoms with Gasteiger partial charge in [0.15, 0.2) is 0 Å². The van der Waals surface area contributed by atoms with Gasteiger partial charge in [0.05, 0.1) is 11.5 Å². The number of halogens is 2. The molecular weight excluding hydrogens is 386 g/mol. The Morgan fingerprint density at radius 3 is 2.61 bits per heavy atom. The maximum absolute atomic E-state index is 12.1. The maximum Gasteiger partial charge on any atom is 0.242 e. The van der Waals surface area contributed by atoms with Crippen molar-refractivity contribution in [1.29, 1.82) is 0 Å². The van der Waals surface area contributed by atoms with E-state index in [4.69, 9.17) is 4.74 Å². The third-order valence-corrected chi connectivity index (χ3v) is 5.17. The van der Waals surface area contributed by atoms with E-state index in [1.165, 1.54) is 0 Å². The summed E-state index contributed by atoms with van der Waals surface area (Å²) in [5.41, 5.74) is 0. The Balaban J connectivity index is 2.86. The van der Waals surface area contributed by atoms with Crippen LogP contribution in [-0.4, -0.2) is 27.7 Å². The lowest BCUT2D eigenvalue weighted by Gasteiger charge is -2.14. The predicted molar refractivity (Wildman–Crippen MR) is 78.1 cm³/mol. The first-order valence-corrected chi connectivity index (χ1v) is 8.49. The lowest BCUT2D eigenvalue weighted by atomic mass is 10.4. The molecule has 0 saturated carbocycles. The molecule has 1 aromatic carbocycles. The predicted octanol–water partition coefficient (Wildman–Crippen LogP) is 2.91. The Labute approximate surface area is 124 Å². The van der Waals surface area contributed by atoms with Gasteiger partial charge in [0.25, 0.3) is 0 Å². The van der Waals surface area contributed by atoms with Crippen molar-refractivity contribution in [2.24, 2.45) is 0 Å². The van der Waals surface area contributed by atoms with Gasteiger partial charge in [-0.1, -0.05) is 15.9 Å². The van der Waals surface area contributed by atoms with Crippen LogP contribution in [0.1, 0.15) is 13.8 Å². The minimum absolute atomic E-state index is 0.217. The summed E-state index contributed by atoms with van der Waals surface area (Å²) in [6, 6.07) is 4.66. The molecular formula is C11H15Br2NO3S. The van der Waals surface area contributed by atoms with Gasteiger partial charge < -0.3 is 4.74 Å². The van der Waals surface area contributed by atoms with Gasteiger partial charge in [0.2, 0.25) is 10.0 Å². The van der Waals surface area contributed by atoms with Gasteiger partial charge in [0, 0.05) is 21.6 Å². The number of nitrogens with one attached hydrogen (secondary N) is 1. The van der Waals surface area contributed by atoms with Gasteiger partial charge in [-0.05, 0) is 48.0 Å². The standard InChI is InChI=1S/C11H15Br2NO3S/c1-3-17-7-8(2)14-18(15,16)11-5-4-9(12)6-10(11)13/h4-6,8,14H,3,7H2,1-2H3. The van der Waals surface area contributed by atoms with Crippen molar-refractivity contribution >= 4 is 41.9 Å². The second-order valence-corrected chi connectivity index (χ2v) is 7.21. The van der Waals surface area contributed by atoms with Crippen LogP contribution in [0.4, 0.5) is 0 Å². The molecule has 7 heteroatoms. The molecule has 1 rings (SSSR count). The van der Waals surface area contributed by atoms with Crippen LogP contribution in [0.2, 0.25) is 0 Å². The largest absolute Gasteiger partial charge is 0.380 e. The third kappa shape index (κ3) is 4.62. The molecule has 1 atom stereocenters. The van der Waals surface area contributed by atoms with Gasteiger partial charge in [0.1, 0.15) is 0 Å². The van der Waals surface area contributed by atoms with Crippen molar-refractivity contribution in [3.8, 4) is 0 Å². The molecule has 0 heterocycles. The number of hydrogen-bond donors (Lipinski definition) is 1. The molecule has 102 valence electrons. The zero-order valence-electron chi connectivity index (χ0n) is 10.1. The van der Waals surface area contributed by atoms with E-state index < -0.39 is 10.0 Å². The zero-order chi connectivity index (χ0) is 13.8. The van der Waals surface area contributed by atoms with Crippen molar-refractivity contribution in [3.63, 3.8) is 0 Å². The van der Waals surface area contributed by atoms with E-state index >= 15 is 0 Å². The van der Waals surface area contributed by atoms with Crippen LogP contribution in [0.15, 0.2) is 32.0 Å². The Kier molecular flexibility index (Phi) is 6.26. The molecule has 1 unspecified atom stereocenters. The molecule has 1 N–H and O–H groups in total. The van der Waals surface area contributed by atoms with Crippen molar-refractivity contribution in [2.75, 3.05) is 13.2 Å². The van der Waals surface area contributed by atoms with Crippen LogP contribution < -0.4 is 4.72 Å². The lowest BCUT2D eigenvalue weighted by Crippen LogP contribution is -2.36. The number of ether oxygens (including phenoxy) is 1. The zero-order valence-corrected chi connectivity index (χ0v) is 14.1. The summed E-state index contributed by atoms with van der Waals surface area (Å²) in [6.07, 6.45) is 0. The van der Waals surface area contributed by atoms with Crippen molar-refractivity contribution < 1.29 is 13.2 Å². The first-order valence-electron chi connectivity index (χ1n) is 5.42. The molecule has 0 aliphatic carbocycles. The van der Waals surface area contributed by atoms with E-state index in [-0.39, 0.29) is 10.9 Å². The van der Waals surface area contributed by atoms with Gasteiger partial charge in [-0.3, -0.25) is 0 Å². The summed E-state index contributed by atoms with van der Waals surface area (Å²) < 4.78 is 33.3. The van der Waals surface area contributed by atoms with E-state index in [1.54, 1.807) is 25.1 Å². The summed E-state index contributed by atoms with van der Waals surface area (Å²) in [4.78, 5) is 0.217. The van der Waals surface area contributed by atoms with E-state index in [2.05, 4.69) is 36.6 Å². The molecule has 1 aromatic rings. The monoisotopic (exact) mass is 399 g/mol. The fourth-order valence-electron chi connectivity index (χ4n) is 1.35. The average molecular weight is 401 g/mol. The molecule has 0 amide bonds. The lowest BCUT2D eigenvalue weighted by molar-refractivity contribution is 0.133. The molecule has 0 spiro atoms. The average Bonchev–Trinajstić information content (AvgIpc) is 2.25. The summed E-state index contributed by atoms with van der Waals surface area (Å²) in [6.45, 7) is 4.55. The summed E-state index contributed by atoms with van der Waals surface area (Å²) in [5.74, 6) is 0. The van der Waals surface area contributed by atoms with E-state index in [0.29, 0.717) is 17.7 Å². The molecule has 0 aliphatic heterocycles. The fourth-order valence-corrected chi connectivity index (χ4v) is 4.32. The van der Waals surface area contributed by atoms with Crippen molar-refractivity contribution in [3.05, 3.63) is 27.1 Å². The molecule has 0 aliphatic rings. The fraction of sp³-hybridized carbons (Fsp3) is 0.455. The van der Waals surface area contributed by atoms with Crippen molar-refractivity contribution in [2.45, 2.75) is 24.8 Å². The van der Waals surface area contributed by atoms with Crippen LogP contribution in [0.3, 0.4) is 0 Å². The first-order chi connectivity index (χ1) is 8.36. The quantitative estimate of drug-likeness (QED) is 0.798. The second-order valence-electron chi connectivity index (χ2n) is 3.76. The summed E-state index contributed by atoms with van der Waals surface area (Å²) in [7, 11) is -3.54. The van der Waals surface area contributed by atoms with E-state index in [0.717, 1.165) is 4.47 Å². The molecule has 0 fully saturated rings. The highest BCUT2D eigenvalue weighted by atomic mass is 79.9. The van der Waals surface area contributed by atoms with Crippen LogP contribution in [0, 0.1) is 0 Å². The third-order valence-electron chi connectivity index (χ3n) is 2.11. The molecule has 0 bridgehead atoms. The Hall–Kier alpha value is 0.0500. The van der Waals surface area contributed by atoms with Gasteiger partial charge in [-0.2, -0.15) is 0 Å². The van der Waals surface area contributed by atoms with Crippen LogP contribution in [-0.2, 0) is 14.8 Å². The normalized spacial score (nSPS) is 13.6. The van der Waals surface area contributed by atoms with E-state index in [9.17, 15) is 8.42 Å². The highest BCUT2D eigenvalue weighted by molar-refractivity contribution is 9.11. The Morgan fingerprint density at radius 1 is 1.39 bits per heavy atom. The molecule has 0 radical (unpaired) electrons. The highest BCUT2D eigenvalue weighted by Crippen LogP contribution is 2.25. The highest BCUT2D eigenvalue weighted by Gasteiger charge is 2.20. The van der Waals surface area contributed by atoms with E-state index in [1.807, 2.05) is 6.92 Å². The summed E-state index contributed by atoms with van der Waals surface area (Å²) >= 11 is 6.53. The molecule has 0 aromatic heterocycles. The van der Waals surface area contributed by atoms with Crippen LogP contribution in [0.5, 0.6) is 0 Å². The summed E-state index contributed by atoms with van der Waals surface area (Å²) in [5, 5.41) is 0. The van der Waals surface area contributed by atoms with Crippen LogP contribution >= 0.6 is 31.9 Å². The Bertz CT molecular complexity index is 505. The number of hydrogen-bond acceptors (Lipinski definition) is 3. The smallest absolute Gasteiger partial charge is 0.242 e. The SMILES string of the molecule is CCOCC(C)NS(=O)(=O)c1ccc(Br)cc1Br. The number of benzene rings is 1. The molecule has 18 heavy (non-hydrogen) atoms. The van der Waals surface area contributed by atoms with Gasteiger partial charge in [-0.25, -0.2) is 13.1 Å². The van der Waals surface area contributed by atoms with Gasteiger partial charge in [-0.15, -0.1) is 0 Å². The van der Waals surface area contributed by atoms with Crippen LogP contribution in [0.25, 0.3) is 0 Å². The van der Waals surface area contributed by atoms with Gasteiger partial charge >= 0.3 is 0 Å². The Morgan fingerprint density at radius 2 is 2.06 bits per heavy atom. The first kappa shape index (κ1) is 16.1. The minimum Gasteiger partial charge on any atom is -0.380 e. The number of sulfonamides is 1. The minimum atomic E-state index is -3.54. The number of rotatable bonds is 6. The molecule has 0 saturated heterocycles. The topological polar surface area (TPSA) is 55.4 Å². The second kappa shape index (κ2) is 7.00. The maximum atomic E-state index is 12.1.